The molecule has 0 atom stereocenters. The Balaban J connectivity index is 2.15. The predicted molar refractivity (Wildman–Crippen MR) is 77.1 cm³/mol. The molecule has 0 spiro atoms. The average molecular weight is 328 g/mol. The molecule has 0 bridgehead atoms. The minimum atomic E-state index is -3.14. The number of hydrogen-bond donors (Lipinski definition) is 1. The van der Waals surface area contributed by atoms with Crippen molar-refractivity contribution in [3.8, 4) is 5.75 Å². The molecule has 0 aliphatic rings. The van der Waals surface area contributed by atoms with Crippen molar-refractivity contribution in [3.05, 3.63) is 47.7 Å². The second kappa shape index (κ2) is 7.19. The van der Waals surface area contributed by atoms with Gasteiger partial charge in [0.1, 0.15) is 11.6 Å². The lowest BCUT2D eigenvalue weighted by Gasteiger charge is -2.11. The number of halogens is 3. The first kappa shape index (κ1) is 16.9. The average Bonchev–Trinajstić information content (AvgIpc) is 2.89. The lowest BCUT2D eigenvalue weighted by molar-refractivity contribution is -0.0495. The van der Waals surface area contributed by atoms with Crippen LogP contribution in [0, 0.1) is 5.82 Å². The Morgan fingerprint density at radius 2 is 2.04 bits per heavy atom. The zero-order valence-corrected chi connectivity index (χ0v) is 12.5. The van der Waals surface area contributed by atoms with Gasteiger partial charge in [0, 0.05) is 6.07 Å². The van der Waals surface area contributed by atoms with E-state index in [0.29, 0.717) is 12.3 Å². The maximum atomic E-state index is 13.1. The van der Waals surface area contributed by atoms with Crippen molar-refractivity contribution in [1.29, 1.82) is 0 Å². The fourth-order valence-electron chi connectivity index (χ4n) is 1.87. The van der Waals surface area contributed by atoms with Crippen LogP contribution in [-0.2, 0) is 6.54 Å². The molecule has 8 heteroatoms. The molecule has 0 aliphatic carbocycles. The van der Waals surface area contributed by atoms with Gasteiger partial charge in [-0.15, -0.1) is 0 Å². The van der Waals surface area contributed by atoms with Crippen LogP contribution in [-0.4, -0.2) is 31.5 Å². The second-order valence-electron chi connectivity index (χ2n) is 4.98. The Kier molecular flexibility index (Phi) is 5.28. The van der Waals surface area contributed by atoms with Gasteiger partial charge in [0.25, 0.3) is 5.91 Å². The van der Waals surface area contributed by atoms with Crippen molar-refractivity contribution in [1.82, 2.24) is 4.90 Å². The Bertz CT molecular complexity index is 686. The molecule has 2 aromatic rings. The molecular weight excluding hydrogens is 313 g/mol. The third kappa shape index (κ3) is 4.75. The summed E-state index contributed by atoms with van der Waals surface area (Å²) in [5.41, 5.74) is -0.0812. The largest absolute Gasteiger partial charge is 0.455 e. The zero-order chi connectivity index (χ0) is 17.0. The van der Waals surface area contributed by atoms with Gasteiger partial charge in [0.05, 0.1) is 12.2 Å². The van der Waals surface area contributed by atoms with E-state index in [1.807, 2.05) is 19.0 Å². The highest BCUT2D eigenvalue weighted by molar-refractivity contribution is 6.03. The number of ether oxygens (including phenoxy) is 1. The van der Waals surface area contributed by atoms with E-state index in [-0.39, 0.29) is 11.4 Å². The molecule has 0 saturated carbocycles. The van der Waals surface area contributed by atoms with Gasteiger partial charge >= 0.3 is 6.61 Å². The van der Waals surface area contributed by atoms with E-state index in [1.165, 1.54) is 6.07 Å². The van der Waals surface area contributed by atoms with Crippen molar-refractivity contribution in [3.63, 3.8) is 0 Å². The van der Waals surface area contributed by atoms with Gasteiger partial charge < -0.3 is 19.4 Å². The number of carbonyl (C=O) groups excluding carboxylic acids is 1. The minimum Gasteiger partial charge on any atom is -0.455 e. The number of furan rings is 1. The highest BCUT2D eigenvalue weighted by atomic mass is 19.3. The molecule has 1 aromatic carbocycles. The summed E-state index contributed by atoms with van der Waals surface area (Å²) in [6, 6.07) is 6.02. The smallest absolute Gasteiger partial charge is 0.387 e. The molecule has 5 nitrogen and oxygen atoms in total. The number of rotatable bonds is 6. The third-order valence-corrected chi connectivity index (χ3v) is 2.77. The highest BCUT2D eigenvalue weighted by Crippen LogP contribution is 2.27. The number of carbonyl (C=O) groups is 1. The summed E-state index contributed by atoms with van der Waals surface area (Å²) in [6.45, 7) is -2.63. The summed E-state index contributed by atoms with van der Waals surface area (Å²) < 4.78 is 47.3. The first-order valence-electron chi connectivity index (χ1n) is 6.64. The van der Waals surface area contributed by atoms with Gasteiger partial charge in [0.2, 0.25) is 0 Å². The number of hydrogen-bond acceptors (Lipinski definition) is 4. The molecule has 0 aliphatic heterocycles. The lowest BCUT2D eigenvalue weighted by atomic mass is 10.2. The molecule has 1 aromatic heterocycles. The number of alkyl halides is 2. The van der Waals surface area contributed by atoms with Gasteiger partial charge in [0.15, 0.2) is 11.5 Å². The van der Waals surface area contributed by atoms with Gasteiger partial charge in [-0.2, -0.15) is 8.78 Å². The summed E-state index contributed by atoms with van der Waals surface area (Å²) in [6.07, 6.45) is 0. The first-order chi connectivity index (χ1) is 10.8. The molecule has 1 N–H and O–H groups in total. The zero-order valence-electron chi connectivity index (χ0n) is 12.5. The maximum absolute atomic E-state index is 13.1. The van der Waals surface area contributed by atoms with Crippen molar-refractivity contribution < 1.29 is 27.1 Å². The van der Waals surface area contributed by atoms with E-state index < -0.39 is 24.1 Å². The number of amides is 1. The fourth-order valence-corrected chi connectivity index (χ4v) is 1.87. The number of nitrogens with zero attached hydrogens (tertiary/aromatic N) is 1. The monoisotopic (exact) mass is 328 g/mol. The minimum absolute atomic E-state index is 0.00849. The molecule has 0 unspecified atom stereocenters. The van der Waals surface area contributed by atoms with Crippen LogP contribution >= 0.6 is 0 Å². The van der Waals surface area contributed by atoms with Crippen LogP contribution in [0.15, 0.2) is 34.7 Å². The number of benzene rings is 1. The molecule has 1 heterocycles. The quantitative estimate of drug-likeness (QED) is 0.884. The summed E-state index contributed by atoms with van der Waals surface area (Å²) in [4.78, 5) is 13.9. The van der Waals surface area contributed by atoms with Gasteiger partial charge in [-0.25, -0.2) is 4.39 Å². The van der Waals surface area contributed by atoms with Gasteiger partial charge in [-0.1, -0.05) is 0 Å². The van der Waals surface area contributed by atoms with Crippen LogP contribution in [0.1, 0.15) is 16.3 Å². The highest BCUT2D eigenvalue weighted by Gasteiger charge is 2.16. The maximum Gasteiger partial charge on any atom is 0.387 e. The Morgan fingerprint density at radius 3 is 2.70 bits per heavy atom. The van der Waals surface area contributed by atoms with Crippen molar-refractivity contribution in [2.45, 2.75) is 13.2 Å². The molecule has 0 saturated heterocycles. The van der Waals surface area contributed by atoms with E-state index in [4.69, 9.17) is 4.42 Å². The number of anilines is 1. The first-order valence-corrected chi connectivity index (χ1v) is 6.64. The van der Waals surface area contributed by atoms with E-state index in [9.17, 15) is 18.0 Å². The van der Waals surface area contributed by atoms with Crippen LogP contribution in [0.2, 0.25) is 0 Å². The van der Waals surface area contributed by atoms with Crippen LogP contribution < -0.4 is 10.1 Å². The summed E-state index contributed by atoms with van der Waals surface area (Å²) in [5, 5.41) is 2.35. The van der Waals surface area contributed by atoms with Gasteiger partial charge in [-0.05, 0) is 38.4 Å². The predicted octanol–water partition coefficient (Wildman–Crippen LogP) is 3.33. The lowest BCUT2D eigenvalue weighted by Crippen LogP contribution is -2.13. The Morgan fingerprint density at radius 1 is 1.30 bits per heavy atom. The van der Waals surface area contributed by atoms with E-state index in [2.05, 4.69) is 10.1 Å². The Labute approximate surface area is 130 Å². The van der Waals surface area contributed by atoms with Crippen molar-refractivity contribution >= 4 is 11.6 Å². The van der Waals surface area contributed by atoms with Crippen molar-refractivity contribution in [2.24, 2.45) is 0 Å². The fraction of sp³-hybridized carbons (Fsp3) is 0.267. The molecular formula is C15H15F3N2O3. The van der Waals surface area contributed by atoms with Crippen LogP contribution in [0.25, 0.3) is 0 Å². The van der Waals surface area contributed by atoms with Crippen LogP contribution in [0.3, 0.4) is 0 Å². The molecule has 0 radical (unpaired) electrons. The van der Waals surface area contributed by atoms with E-state index >= 15 is 0 Å². The van der Waals surface area contributed by atoms with Crippen molar-refractivity contribution in [2.75, 3.05) is 19.4 Å². The van der Waals surface area contributed by atoms with E-state index in [1.54, 1.807) is 6.07 Å². The molecule has 124 valence electrons. The molecule has 2 rings (SSSR count). The topological polar surface area (TPSA) is 54.7 Å². The SMILES string of the molecule is CN(C)Cc1ccc(C(=O)Nc2ccc(F)cc2OC(F)F)o1. The third-order valence-electron chi connectivity index (χ3n) is 2.77. The van der Waals surface area contributed by atoms with Gasteiger partial charge in [-0.3, -0.25) is 4.79 Å². The summed E-state index contributed by atoms with van der Waals surface area (Å²) in [7, 11) is 3.68. The number of nitrogens with one attached hydrogen (secondary N) is 1. The van der Waals surface area contributed by atoms with E-state index in [0.717, 1.165) is 18.2 Å². The van der Waals surface area contributed by atoms with Crippen LogP contribution in [0.4, 0.5) is 18.9 Å². The standard InChI is InChI=1S/C15H15F3N2O3/c1-20(2)8-10-4-6-12(22-10)14(21)19-11-5-3-9(16)7-13(11)23-15(17)18/h3-7,15H,8H2,1-2H3,(H,19,21). The normalized spacial score (nSPS) is 11.1. The Hall–Kier alpha value is -2.48. The molecule has 23 heavy (non-hydrogen) atoms. The summed E-state index contributed by atoms with van der Waals surface area (Å²) >= 11 is 0. The molecule has 1 amide bonds. The van der Waals surface area contributed by atoms with Crippen LogP contribution in [0.5, 0.6) is 5.75 Å². The second-order valence-corrected chi connectivity index (χ2v) is 4.98. The molecule has 0 fully saturated rings. The summed E-state index contributed by atoms with van der Waals surface area (Å²) in [5.74, 6) is -1.29.